The first kappa shape index (κ1) is 21.4. The Hall–Kier alpha value is -0.670. The maximum Gasteiger partial charge on any atom is 0.186 e. The molecule has 1 saturated heterocycles. The molecule has 3 heteroatoms. The SMILES string of the molecule is CCCCCCCCCCCCC/C=C/C(=O)[C@H]1COC(C)(C)O1. The van der Waals surface area contributed by atoms with Gasteiger partial charge in [-0.2, -0.15) is 0 Å². The third kappa shape index (κ3) is 10.2. The summed E-state index contributed by atoms with van der Waals surface area (Å²) in [6, 6.07) is 0. The first-order valence-corrected chi connectivity index (χ1v) is 10.1. The summed E-state index contributed by atoms with van der Waals surface area (Å²) in [6.07, 6.45) is 19.1. The Balaban J connectivity index is 1.89. The van der Waals surface area contributed by atoms with Gasteiger partial charge in [0.1, 0.15) is 6.10 Å². The van der Waals surface area contributed by atoms with Crippen molar-refractivity contribution < 1.29 is 14.3 Å². The highest BCUT2D eigenvalue weighted by molar-refractivity contribution is 5.93. The van der Waals surface area contributed by atoms with Crippen LogP contribution in [0, 0.1) is 0 Å². The fourth-order valence-electron chi connectivity index (χ4n) is 3.06. The van der Waals surface area contributed by atoms with Crippen molar-refractivity contribution in [2.75, 3.05) is 6.61 Å². The van der Waals surface area contributed by atoms with E-state index in [0.29, 0.717) is 6.61 Å². The van der Waals surface area contributed by atoms with Crippen molar-refractivity contribution in [3.05, 3.63) is 12.2 Å². The van der Waals surface area contributed by atoms with Crippen molar-refractivity contribution in [2.24, 2.45) is 0 Å². The molecule has 0 aromatic heterocycles. The van der Waals surface area contributed by atoms with E-state index in [-0.39, 0.29) is 5.78 Å². The summed E-state index contributed by atoms with van der Waals surface area (Å²) < 4.78 is 11.0. The van der Waals surface area contributed by atoms with Crippen LogP contribution in [-0.2, 0) is 14.3 Å². The predicted octanol–water partition coefficient (Wildman–Crippen LogP) is 5.96. The normalized spacial score (nSPS) is 20.0. The Bertz CT molecular complexity index is 360. The zero-order valence-corrected chi connectivity index (χ0v) is 16.1. The van der Waals surface area contributed by atoms with Gasteiger partial charge >= 0.3 is 0 Å². The molecular formula is C21H38O3. The summed E-state index contributed by atoms with van der Waals surface area (Å²) >= 11 is 0. The van der Waals surface area contributed by atoms with Crippen LogP contribution in [0.3, 0.4) is 0 Å². The number of ketones is 1. The van der Waals surface area contributed by atoms with Crippen molar-refractivity contribution >= 4 is 5.78 Å². The van der Waals surface area contributed by atoms with E-state index in [4.69, 9.17) is 9.47 Å². The van der Waals surface area contributed by atoms with Gasteiger partial charge in [-0.05, 0) is 32.8 Å². The molecule has 0 aromatic rings. The monoisotopic (exact) mass is 338 g/mol. The number of hydrogen-bond donors (Lipinski definition) is 0. The summed E-state index contributed by atoms with van der Waals surface area (Å²) in [4.78, 5) is 11.9. The summed E-state index contributed by atoms with van der Waals surface area (Å²) in [5.41, 5.74) is 0. The Morgan fingerprint density at radius 3 is 2.00 bits per heavy atom. The minimum Gasteiger partial charge on any atom is -0.347 e. The molecule has 1 fully saturated rings. The molecule has 0 radical (unpaired) electrons. The third-order valence-electron chi connectivity index (χ3n) is 4.58. The average Bonchev–Trinajstić information content (AvgIpc) is 2.92. The maximum absolute atomic E-state index is 11.9. The lowest BCUT2D eigenvalue weighted by Crippen LogP contribution is -2.25. The minimum absolute atomic E-state index is 0.0312. The molecule has 1 aliphatic rings. The standard InChI is InChI=1S/C21H38O3/c1-4-5-6-7-8-9-10-11-12-13-14-15-16-17-19(22)20-18-23-21(2,3)24-20/h16-17,20H,4-15,18H2,1-3H3/b17-16+/t20-/m1/s1. The van der Waals surface area contributed by atoms with Gasteiger partial charge in [-0.1, -0.05) is 77.2 Å². The Kier molecular flexibility index (Phi) is 11.3. The number of unbranched alkanes of at least 4 members (excludes halogenated alkanes) is 11. The van der Waals surface area contributed by atoms with E-state index < -0.39 is 11.9 Å². The molecule has 0 N–H and O–H groups in total. The van der Waals surface area contributed by atoms with Gasteiger partial charge < -0.3 is 9.47 Å². The van der Waals surface area contributed by atoms with Gasteiger partial charge in [-0.15, -0.1) is 0 Å². The van der Waals surface area contributed by atoms with Gasteiger partial charge in [-0.25, -0.2) is 0 Å². The largest absolute Gasteiger partial charge is 0.347 e. The highest BCUT2D eigenvalue weighted by Crippen LogP contribution is 2.23. The van der Waals surface area contributed by atoms with Gasteiger partial charge in [0.2, 0.25) is 0 Å². The molecule has 0 saturated carbocycles. The molecule has 1 heterocycles. The molecule has 0 spiro atoms. The minimum atomic E-state index is -0.621. The van der Waals surface area contributed by atoms with Crippen LogP contribution in [0.4, 0.5) is 0 Å². The Labute approximate surface area is 149 Å². The number of carbonyl (C=O) groups excluding carboxylic acids is 1. The molecule has 0 unspecified atom stereocenters. The molecular weight excluding hydrogens is 300 g/mol. The number of ether oxygens (including phenoxy) is 2. The van der Waals surface area contributed by atoms with Crippen LogP contribution in [0.5, 0.6) is 0 Å². The topological polar surface area (TPSA) is 35.5 Å². The van der Waals surface area contributed by atoms with Crippen molar-refractivity contribution in [1.82, 2.24) is 0 Å². The van der Waals surface area contributed by atoms with E-state index in [1.54, 1.807) is 6.08 Å². The molecule has 0 aliphatic carbocycles. The van der Waals surface area contributed by atoms with Crippen LogP contribution in [0.1, 0.15) is 97.8 Å². The zero-order chi connectivity index (χ0) is 17.7. The second kappa shape index (κ2) is 12.7. The number of rotatable bonds is 14. The van der Waals surface area contributed by atoms with E-state index >= 15 is 0 Å². The zero-order valence-electron chi connectivity index (χ0n) is 16.1. The third-order valence-corrected chi connectivity index (χ3v) is 4.58. The second-order valence-corrected chi connectivity index (χ2v) is 7.45. The molecule has 1 aliphatic heterocycles. The fraction of sp³-hybridized carbons (Fsp3) is 0.857. The first-order chi connectivity index (χ1) is 11.5. The molecule has 3 nitrogen and oxygen atoms in total. The van der Waals surface area contributed by atoms with Crippen LogP contribution >= 0.6 is 0 Å². The van der Waals surface area contributed by atoms with E-state index in [1.165, 1.54) is 70.6 Å². The Morgan fingerprint density at radius 2 is 1.50 bits per heavy atom. The lowest BCUT2D eigenvalue weighted by Gasteiger charge is -2.15. The average molecular weight is 339 g/mol. The second-order valence-electron chi connectivity index (χ2n) is 7.45. The molecule has 0 aromatic carbocycles. The molecule has 0 amide bonds. The van der Waals surface area contributed by atoms with Crippen LogP contribution in [0.25, 0.3) is 0 Å². The van der Waals surface area contributed by atoms with Gasteiger partial charge in [0.15, 0.2) is 11.6 Å². The molecule has 24 heavy (non-hydrogen) atoms. The number of allylic oxidation sites excluding steroid dienone is 1. The smallest absolute Gasteiger partial charge is 0.186 e. The predicted molar refractivity (Wildman–Crippen MR) is 100 cm³/mol. The van der Waals surface area contributed by atoms with Gasteiger partial charge in [0.05, 0.1) is 6.61 Å². The van der Waals surface area contributed by atoms with E-state index in [9.17, 15) is 4.79 Å². The van der Waals surface area contributed by atoms with E-state index in [1.807, 2.05) is 19.9 Å². The van der Waals surface area contributed by atoms with Gasteiger partial charge in [0.25, 0.3) is 0 Å². The van der Waals surface area contributed by atoms with Gasteiger partial charge in [0, 0.05) is 0 Å². The summed E-state index contributed by atoms with van der Waals surface area (Å²) in [6.45, 7) is 6.32. The number of carbonyl (C=O) groups is 1. The molecule has 0 bridgehead atoms. The maximum atomic E-state index is 11.9. The lowest BCUT2D eigenvalue weighted by atomic mass is 10.1. The van der Waals surface area contributed by atoms with Crippen molar-refractivity contribution in [2.45, 2.75) is 110 Å². The van der Waals surface area contributed by atoms with Crippen LogP contribution < -0.4 is 0 Å². The summed E-state index contributed by atoms with van der Waals surface area (Å²) in [5.74, 6) is -0.590. The number of hydrogen-bond acceptors (Lipinski definition) is 3. The van der Waals surface area contributed by atoms with Crippen molar-refractivity contribution in [3.63, 3.8) is 0 Å². The highest BCUT2D eigenvalue weighted by atomic mass is 16.7. The van der Waals surface area contributed by atoms with Crippen LogP contribution in [-0.4, -0.2) is 24.3 Å². The van der Waals surface area contributed by atoms with Crippen molar-refractivity contribution in [3.8, 4) is 0 Å². The van der Waals surface area contributed by atoms with Gasteiger partial charge in [-0.3, -0.25) is 4.79 Å². The molecule has 1 rings (SSSR count). The van der Waals surface area contributed by atoms with Crippen LogP contribution in [0.2, 0.25) is 0 Å². The fourth-order valence-corrected chi connectivity index (χ4v) is 3.06. The van der Waals surface area contributed by atoms with Crippen molar-refractivity contribution in [1.29, 1.82) is 0 Å². The van der Waals surface area contributed by atoms with Crippen LogP contribution in [0.15, 0.2) is 12.2 Å². The summed E-state index contributed by atoms with van der Waals surface area (Å²) in [5, 5.41) is 0. The molecule has 1 atom stereocenters. The molecule has 140 valence electrons. The Morgan fingerprint density at radius 1 is 0.958 bits per heavy atom. The highest BCUT2D eigenvalue weighted by Gasteiger charge is 2.35. The lowest BCUT2D eigenvalue weighted by molar-refractivity contribution is -0.149. The van der Waals surface area contributed by atoms with E-state index in [2.05, 4.69) is 6.92 Å². The quantitative estimate of drug-likeness (QED) is 0.289. The first-order valence-electron chi connectivity index (χ1n) is 10.1. The van der Waals surface area contributed by atoms with E-state index in [0.717, 1.165) is 6.42 Å². The summed E-state index contributed by atoms with van der Waals surface area (Å²) in [7, 11) is 0.